The molecule has 1 nitrogen and oxygen atoms in total. The Bertz CT molecular complexity index is 600. The van der Waals surface area contributed by atoms with E-state index in [9.17, 15) is 0 Å². The zero-order valence-electron chi connectivity index (χ0n) is 14.4. The molecule has 1 atom stereocenters. The predicted octanol–water partition coefficient (Wildman–Crippen LogP) is -0.511. The number of hydrogen-bond donors (Lipinski definition) is 0. The summed E-state index contributed by atoms with van der Waals surface area (Å²) in [5.41, 5.74) is 3.01. The van der Waals surface area contributed by atoms with E-state index in [0.717, 1.165) is 5.28 Å². The smallest absolute Gasteiger partial charge is 0.0267 e. The predicted molar refractivity (Wildman–Crippen MR) is 94.2 cm³/mol. The molecule has 1 aromatic heterocycles. The maximum absolute atomic E-state index is 3.78. The first kappa shape index (κ1) is 23.4. The standard InChI is InChI=1S/C14H19Si.C5H5N.2ClH.Cr/c1-5-12-13-9-7-6-8-11(13)10-14(12)15(2,3)4;1-2-4-6-5-3-1;;;/h6-10,12H,1,5H2,2-4H3;1-5H;2*1H;/q;;;;+2/p-2. The van der Waals surface area contributed by atoms with Gasteiger partial charge in [-0.2, -0.15) is 0 Å². The van der Waals surface area contributed by atoms with Crippen molar-refractivity contribution in [2.45, 2.75) is 37.3 Å². The summed E-state index contributed by atoms with van der Waals surface area (Å²) in [4.78, 5) is 3.78. The fourth-order valence-corrected chi connectivity index (χ4v) is 5.18. The summed E-state index contributed by atoms with van der Waals surface area (Å²) in [5, 5.41) is 2.88. The summed E-state index contributed by atoms with van der Waals surface area (Å²) in [6.07, 6.45) is 7.22. The van der Waals surface area contributed by atoms with Gasteiger partial charge < -0.3 is 24.8 Å². The minimum Gasteiger partial charge on any atom is -1.00 e. The molecule has 0 aliphatic heterocycles. The molecule has 0 saturated carbocycles. The van der Waals surface area contributed by atoms with Crippen LogP contribution in [0.4, 0.5) is 0 Å². The Morgan fingerprint density at radius 1 is 0.958 bits per heavy atom. The van der Waals surface area contributed by atoms with E-state index in [2.05, 4.69) is 71.3 Å². The third-order valence-corrected chi connectivity index (χ3v) is 6.49. The minimum atomic E-state index is -1.18. The van der Waals surface area contributed by atoms with Crippen LogP contribution in [0, 0.1) is 0 Å². The molecule has 0 saturated heterocycles. The maximum Gasteiger partial charge on any atom is 0.0267 e. The van der Waals surface area contributed by atoms with E-state index >= 15 is 0 Å². The van der Waals surface area contributed by atoms with Crippen LogP contribution in [-0.2, 0) is 16.3 Å². The van der Waals surface area contributed by atoms with Crippen LogP contribution in [0.2, 0.25) is 24.9 Å². The molecule has 1 aliphatic carbocycles. The SMILES string of the molecule is C[Si](C)(C)C1=Cc2ccccc2C1C[CH2][Cr+2].[Cl-].[Cl-].c1ccncc1. The van der Waals surface area contributed by atoms with Crippen LogP contribution >= 0.6 is 0 Å². The second-order valence-corrected chi connectivity index (χ2v) is 12.3. The average Bonchev–Trinajstić information content (AvgIpc) is 2.89. The quantitative estimate of drug-likeness (QED) is 0.614. The van der Waals surface area contributed by atoms with Gasteiger partial charge in [0.15, 0.2) is 0 Å². The van der Waals surface area contributed by atoms with Crippen molar-refractivity contribution in [3.05, 3.63) is 71.2 Å². The van der Waals surface area contributed by atoms with Crippen LogP contribution < -0.4 is 24.8 Å². The number of allylic oxidation sites excluding steroid dienone is 1. The molecule has 1 aromatic carbocycles. The van der Waals surface area contributed by atoms with Gasteiger partial charge in [-0.05, 0) is 12.1 Å². The van der Waals surface area contributed by atoms with Gasteiger partial charge in [0.1, 0.15) is 0 Å². The summed E-state index contributed by atoms with van der Waals surface area (Å²) in [6, 6.07) is 14.6. The summed E-state index contributed by atoms with van der Waals surface area (Å²) < 4.78 is 0. The van der Waals surface area contributed by atoms with E-state index in [1.807, 2.05) is 18.2 Å². The summed E-state index contributed by atoms with van der Waals surface area (Å²) >= 11 is 3.16. The van der Waals surface area contributed by atoms with Crippen LogP contribution in [0.25, 0.3) is 6.08 Å². The number of halogens is 2. The fraction of sp³-hybridized carbons (Fsp3) is 0.316. The first-order chi connectivity index (χ1) is 10.5. The third-order valence-electron chi connectivity index (χ3n) is 3.90. The van der Waals surface area contributed by atoms with Gasteiger partial charge in [-0.15, -0.1) is 0 Å². The van der Waals surface area contributed by atoms with Crippen molar-refractivity contribution in [1.82, 2.24) is 4.98 Å². The number of benzene rings is 1. The van der Waals surface area contributed by atoms with Gasteiger partial charge in [-0.1, -0.05) is 6.07 Å². The second kappa shape index (κ2) is 11.1. The summed E-state index contributed by atoms with van der Waals surface area (Å²) in [5.74, 6) is 0.684. The van der Waals surface area contributed by atoms with Crippen LogP contribution in [0.15, 0.2) is 60.1 Å². The molecule has 0 amide bonds. The molecule has 0 fully saturated rings. The summed E-state index contributed by atoms with van der Waals surface area (Å²) in [7, 11) is -1.18. The van der Waals surface area contributed by atoms with E-state index in [0.29, 0.717) is 5.92 Å². The van der Waals surface area contributed by atoms with Gasteiger partial charge in [0.05, 0.1) is 0 Å². The molecule has 5 heteroatoms. The van der Waals surface area contributed by atoms with Gasteiger partial charge >= 0.3 is 108 Å². The number of hydrogen-bond acceptors (Lipinski definition) is 1. The number of pyridine rings is 1. The Labute approximate surface area is 168 Å². The second-order valence-electron chi connectivity index (χ2n) is 6.55. The molecule has 3 rings (SSSR count). The van der Waals surface area contributed by atoms with Crippen LogP contribution in [0.1, 0.15) is 23.5 Å². The first-order valence-corrected chi connectivity index (χ1v) is 12.2. The Kier molecular flexibility index (Phi) is 10.9. The van der Waals surface area contributed by atoms with Gasteiger partial charge in [0.2, 0.25) is 0 Å². The monoisotopic (exact) mass is 416 g/mol. The molecule has 1 aliphatic rings. The molecule has 1 heterocycles. The van der Waals surface area contributed by atoms with Crippen LogP contribution in [0.3, 0.4) is 0 Å². The molecule has 0 N–H and O–H groups in total. The molecule has 0 radical (unpaired) electrons. The normalized spacial score (nSPS) is 14.9. The van der Waals surface area contributed by atoms with Crippen molar-refractivity contribution >= 4 is 14.1 Å². The Morgan fingerprint density at radius 3 is 2.04 bits per heavy atom. The minimum absolute atomic E-state index is 0. The number of aromatic nitrogens is 1. The van der Waals surface area contributed by atoms with Crippen molar-refractivity contribution in [1.29, 1.82) is 0 Å². The molecular weight excluding hydrogens is 393 g/mol. The van der Waals surface area contributed by atoms with Gasteiger partial charge in [0, 0.05) is 12.4 Å². The zero-order valence-corrected chi connectivity index (χ0v) is 18.2. The molecular formula is C19H24Cl2CrNSi. The van der Waals surface area contributed by atoms with E-state index < -0.39 is 8.07 Å². The fourth-order valence-electron chi connectivity index (χ4n) is 2.88. The van der Waals surface area contributed by atoms with E-state index in [1.54, 1.807) is 23.2 Å². The van der Waals surface area contributed by atoms with Crippen molar-refractivity contribution in [3.63, 3.8) is 0 Å². The van der Waals surface area contributed by atoms with Crippen molar-refractivity contribution in [3.8, 4) is 0 Å². The van der Waals surface area contributed by atoms with E-state index in [1.165, 1.54) is 12.0 Å². The molecule has 0 bridgehead atoms. The Balaban J connectivity index is 0.000000565. The van der Waals surface area contributed by atoms with E-state index in [4.69, 9.17) is 0 Å². The molecule has 0 spiro atoms. The number of rotatable bonds is 3. The zero-order chi connectivity index (χ0) is 16.0. The summed E-state index contributed by atoms with van der Waals surface area (Å²) in [6.45, 7) is 7.37. The van der Waals surface area contributed by atoms with Gasteiger partial charge in [0.25, 0.3) is 0 Å². The molecule has 129 valence electrons. The van der Waals surface area contributed by atoms with E-state index in [-0.39, 0.29) is 24.8 Å². The molecule has 24 heavy (non-hydrogen) atoms. The molecule has 2 aromatic rings. The Morgan fingerprint density at radius 2 is 1.58 bits per heavy atom. The first-order valence-electron chi connectivity index (χ1n) is 7.78. The topological polar surface area (TPSA) is 12.9 Å². The Hall–Kier alpha value is -0.561. The van der Waals surface area contributed by atoms with Crippen molar-refractivity contribution < 1.29 is 41.1 Å². The maximum atomic E-state index is 3.78. The number of fused-ring (bicyclic) bond motifs is 1. The van der Waals surface area contributed by atoms with Crippen molar-refractivity contribution in [2.75, 3.05) is 0 Å². The average molecular weight is 417 g/mol. The third kappa shape index (κ3) is 6.39. The van der Waals surface area contributed by atoms with Crippen molar-refractivity contribution in [2.24, 2.45) is 0 Å². The number of nitrogens with zero attached hydrogens (tertiary/aromatic N) is 1. The van der Waals surface area contributed by atoms with Crippen LogP contribution in [-0.4, -0.2) is 13.1 Å². The van der Waals surface area contributed by atoms with Gasteiger partial charge in [-0.25, -0.2) is 0 Å². The van der Waals surface area contributed by atoms with Gasteiger partial charge in [-0.3, -0.25) is 4.98 Å². The largest absolute Gasteiger partial charge is 1.00 e. The van der Waals surface area contributed by atoms with Crippen LogP contribution in [0.5, 0.6) is 0 Å². The molecule has 1 unspecified atom stereocenters.